The van der Waals surface area contributed by atoms with Crippen molar-refractivity contribution in [2.45, 2.75) is 106 Å². The highest BCUT2D eigenvalue weighted by molar-refractivity contribution is 6.07. The fourth-order valence-corrected chi connectivity index (χ4v) is 6.20. The lowest BCUT2D eigenvalue weighted by atomic mass is 9.90. The lowest BCUT2D eigenvalue weighted by molar-refractivity contribution is 0.103. The molecule has 56 heavy (non-hydrogen) atoms. The zero-order valence-electron chi connectivity index (χ0n) is 34.3. The van der Waals surface area contributed by atoms with Gasteiger partial charge < -0.3 is 29.9 Å². The van der Waals surface area contributed by atoms with Crippen LogP contribution in [0.2, 0.25) is 0 Å². The van der Waals surface area contributed by atoms with Crippen molar-refractivity contribution >= 4 is 23.7 Å². The van der Waals surface area contributed by atoms with E-state index >= 15 is 0 Å². The Bertz CT molecular complexity index is 1950. The first-order chi connectivity index (χ1) is 26.8. The van der Waals surface area contributed by atoms with Gasteiger partial charge in [-0.15, -0.1) is 0 Å². The van der Waals surface area contributed by atoms with Crippen LogP contribution in [0.25, 0.3) is 12.2 Å². The molecule has 4 aromatic rings. The number of phenols is 4. The number of carbonyl (C=O) groups is 2. The number of benzene rings is 4. The second kappa shape index (κ2) is 22.2. The van der Waals surface area contributed by atoms with Crippen molar-refractivity contribution in [1.29, 1.82) is 0 Å². The number of phenolic OH excluding ortho intramolecular Hbond substituents is 4. The minimum atomic E-state index is -0.160. The first kappa shape index (κ1) is 44.9. The molecule has 0 saturated heterocycles. The highest BCUT2D eigenvalue weighted by Gasteiger charge is 2.22. The third-order valence-electron chi connectivity index (χ3n) is 9.05. The molecular formula is C48H60O8. The van der Waals surface area contributed by atoms with Crippen LogP contribution in [0, 0.1) is 0 Å². The quantitative estimate of drug-likeness (QED) is 0.0581. The molecule has 4 rings (SSSR count). The van der Waals surface area contributed by atoms with Gasteiger partial charge in [-0.05, 0) is 134 Å². The molecule has 0 bridgehead atoms. The van der Waals surface area contributed by atoms with Crippen LogP contribution in [0.3, 0.4) is 0 Å². The number of aryl methyl sites for hydroxylation is 1. The summed E-state index contributed by atoms with van der Waals surface area (Å²) >= 11 is 0. The maximum absolute atomic E-state index is 12.5. The number of aromatic hydroxyl groups is 4. The summed E-state index contributed by atoms with van der Waals surface area (Å²) in [7, 11) is 0. The molecule has 300 valence electrons. The van der Waals surface area contributed by atoms with E-state index in [0.717, 1.165) is 71.9 Å². The predicted molar refractivity (Wildman–Crippen MR) is 227 cm³/mol. The summed E-state index contributed by atoms with van der Waals surface area (Å²) in [5, 5.41) is 40.3. The molecular weight excluding hydrogens is 705 g/mol. The van der Waals surface area contributed by atoms with Crippen molar-refractivity contribution in [2.24, 2.45) is 0 Å². The lowest BCUT2D eigenvalue weighted by Crippen LogP contribution is -2.05. The molecule has 0 aliphatic heterocycles. The fraction of sp³-hybridized carbons (Fsp3) is 0.375. The van der Waals surface area contributed by atoms with Crippen LogP contribution in [0.5, 0.6) is 34.5 Å². The number of carbonyl (C=O) groups excluding carboxylic acids is 2. The normalized spacial score (nSPS) is 11.3. The van der Waals surface area contributed by atoms with Gasteiger partial charge in [-0.1, -0.05) is 68.2 Å². The van der Waals surface area contributed by atoms with Gasteiger partial charge in [0.15, 0.2) is 11.6 Å². The topological polar surface area (TPSA) is 134 Å². The van der Waals surface area contributed by atoms with Crippen molar-refractivity contribution in [1.82, 2.24) is 0 Å². The molecule has 0 saturated carbocycles. The van der Waals surface area contributed by atoms with Crippen LogP contribution in [0.15, 0.2) is 72.8 Å². The zero-order chi connectivity index (χ0) is 41.4. The van der Waals surface area contributed by atoms with Gasteiger partial charge in [-0.2, -0.15) is 0 Å². The minimum Gasteiger partial charge on any atom is -0.508 e. The number of rotatable bonds is 18. The average Bonchev–Trinajstić information content (AvgIpc) is 3.17. The Hall–Kier alpha value is -5.50. The molecule has 0 spiro atoms. The van der Waals surface area contributed by atoms with Gasteiger partial charge in [0.2, 0.25) is 0 Å². The van der Waals surface area contributed by atoms with Crippen molar-refractivity contribution in [3.8, 4) is 34.5 Å². The molecule has 0 aliphatic carbocycles. The molecule has 0 aliphatic rings. The van der Waals surface area contributed by atoms with Crippen LogP contribution in [-0.4, -0.2) is 45.2 Å². The highest BCUT2D eigenvalue weighted by atomic mass is 16.5. The van der Waals surface area contributed by atoms with Crippen molar-refractivity contribution in [3.63, 3.8) is 0 Å². The Morgan fingerprint density at radius 3 is 1.48 bits per heavy atom. The highest BCUT2D eigenvalue weighted by Crippen LogP contribution is 2.43. The molecule has 0 atom stereocenters. The molecule has 0 unspecified atom stereocenters. The van der Waals surface area contributed by atoms with E-state index in [4.69, 9.17) is 9.47 Å². The Morgan fingerprint density at radius 2 is 1.05 bits per heavy atom. The second-order valence-electron chi connectivity index (χ2n) is 14.4. The molecule has 4 aromatic carbocycles. The van der Waals surface area contributed by atoms with Crippen molar-refractivity contribution < 1.29 is 39.5 Å². The van der Waals surface area contributed by atoms with Gasteiger partial charge in [0.25, 0.3) is 0 Å². The van der Waals surface area contributed by atoms with Gasteiger partial charge in [0.1, 0.15) is 34.5 Å². The number of ether oxygens (including phenoxy) is 2. The Balaban J connectivity index is 0.000000300. The van der Waals surface area contributed by atoms with E-state index in [-0.39, 0.29) is 40.7 Å². The smallest absolute Gasteiger partial charge is 0.185 e. The van der Waals surface area contributed by atoms with Crippen molar-refractivity contribution in [3.05, 3.63) is 117 Å². The van der Waals surface area contributed by atoms with Crippen LogP contribution in [0.4, 0.5) is 0 Å². The Kier molecular flexibility index (Phi) is 17.8. The fourth-order valence-electron chi connectivity index (χ4n) is 6.20. The number of hydrogen-bond donors (Lipinski definition) is 4. The van der Waals surface area contributed by atoms with Crippen LogP contribution < -0.4 is 9.47 Å². The van der Waals surface area contributed by atoms with Crippen LogP contribution in [0.1, 0.15) is 147 Å². The van der Waals surface area contributed by atoms with E-state index in [1.165, 1.54) is 36.4 Å². The van der Waals surface area contributed by atoms with Gasteiger partial charge in [0.05, 0.1) is 13.2 Å². The van der Waals surface area contributed by atoms with E-state index < -0.39 is 0 Å². The number of allylic oxidation sites excluding steroid dienone is 2. The molecule has 0 radical (unpaired) electrons. The second-order valence-corrected chi connectivity index (χ2v) is 14.4. The summed E-state index contributed by atoms with van der Waals surface area (Å²) < 4.78 is 12.0. The van der Waals surface area contributed by atoms with Crippen molar-refractivity contribution in [2.75, 3.05) is 13.2 Å². The van der Waals surface area contributed by atoms with Crippen LogP contribution in [-0.2, 0) is 12.8 Å². The molecule has 0 amide bonds. The van der Waals surface area contributed by atoms with Gasteiger partial charge in [-0.25, -0.2) is 0 Å². The number of ketones is 2. The lowest BCUT2D eigenvalue weighted by Gasteiger charge is -2.22. The average molecular weight is 765 g/mol. The van der Waals surface area contributed by atoms with Gasteiger partial charge >= 0.3 is 0 Å². The minimum absolute atomic E-state index is 0.0745. The van der Waals surface area contributed by atoms with E-state index in [1.54, 1.807) is 36.4 Å². The van der Waals surface area contributed by atoms with Gasteiger partial charge in [0, 0.05) is 33.4 Å². The first-order valence-electron chi connectivity index (χ1n) is 19.8. The van der Waals surface area contributed by atoms with E-state index in [2.05, 4.69) is 13.8 Å². The molecule has 4 N–H and O–H groups in total. The summed E-state index contributed by atoms with van der Waals surface area (Å²) in [5.41, 5.74) is 5.91. The van der Waals surface area contributed by atoms with E-state index in [0.29, 0.717) is 41.6 Å². The molecule has 8 nitrogen and oxygen atoms in total. The molecule has 0 heterocycles. The molecule has 8 heteroatoms. The summed E-state index contributed by atoms with van der Waals surface area (Å²) in [6.45, 7) is 17.4. The van der Waals surface area contributed by atoms with Gasteiger partial charge in [-0.3, -0.25) is 9.59 Å². The third kappa shape index (κ3) is 12.3. The maximum atomic E-state index is 12.5. The molecule has 0 fully saturated rings. The monoisotopic (exact) mass is 764 g/mol. The van der Waals surface area contributed by atoms with E-state index in [1.807, 2.05) is 53.7 Å². The summed E-state index contributed by atoms with van der Waals surface area (Å²) in [5.74, 6) is 2.04. The Morgan fingerprint density at radius 1 is 0.589 bits per heavy atom. The summed E-state index contributed by atoms with van der Waals surface area (Å²) in [4.78, 5) is 25.0. The third-order valence-corrected chi connectivity index (χ3v) is 9.05. The number of hydrogen-bond acceptors (Lipinski definition) is 8. The predicted octanol–water partition coefficient (Wildman–Crippen LogP) is 11.7. The maximum Gasteiger partial charge on any atom is 0.185 e. The van der Waals surface area contributed by atoms with Crippen LogP contribution >= 0.6 is 0 Å². The zero-order valence-corrected chi connectivity index (χ0v) is 34.3. The first-order valence-corrected chi connectivity index (χ1v) is 19.8. The largest absolute Gasteiger partial charge is 0.508 e. The SMILES string of the molecule is CCCOc1c(/C=C/C(=O)c2ccc(O)cc2)cc(C(C)C)c(O)c1C(C)C.CCCOc1c(/C=C/C(=O)c2ccc(O)cc2)cc(CCC)c(O)c1CCC. The Labute approximate surface area is 333 Å². The van der Waals surface area contributed by atoms with E-state index in [9.17, 15) is 30.0 Å². The summed E-state index contributed by atoms with van der Waals surface area (Å²) in [6.07, 6.45) is 11.5. The summed E-state index contributed by atoms with van der Waals surface area (Å²) in [6, 6.07) is 16.2. The standard InChI is InChI=1S/2C24H30O4/c1-6-13-28-24-18(9-12-21(26)17-7-10-19(25)11-8-17)14-20(15(2)3)23(27)22(24)16(4)5;1-4-7-18-16-19(11-14-22(26)17-9-12-20(25)13-10-17)24(28-15-6-3)21(8-5-2)23(18)27/h7-12,14-16,25,27H,6,13H2,1-5H3;9-14,16,25,27H,4-8,15H2,1-3H3/b12-9+;14-11+. The molecule has 0 aromatic heterocycles.